The fraction of sp³-hybridized carbons (Fsp3) is 0.412. The van der Waals surface area contributed by atoms with Gasteiger partial charge in [-0.2, -0.15) is 5.10 Å². The summed E-state index contributed by atoms with van der Waals surface area (Å²) in [5.41, 5.74) is 2.66. The van der Waals surface area contributed by atoms with Crippen LogP contribution in [-0.2, 0) is 17.8 Å². The maximum absolute atomic E-state index is 12.2. The molecule has 124 valence electrons. The van der Waals surface area contributed by atoms with Crippen LogP contribution in [0.3, 0.4) is 0 Å². The lowest BCUT2D eigenvalue weighted by atomic mass is 10.1. The van der Waals surface area contributed by atoms with E-state index in [1.54, 1.807) is 31.2 Å². The van der Waals surface area contributed by atoms with Crippen LogP contribution in [0.25, 0.3) is 0 Å². The number of aromatic nitrogens is 2. The number of hydrogen-bond donors (Lipinski definition) is 3. The number of aliphatic hydroxyl groups is 1. The zero-order valence-corrected chi connectivity index (χ0v) is 13.7. The maximum Gasteiger partial charge on any atom is 0.260 e. The number of amides is 1. The van der Waals surface area contributed by atoms with E-state index in [1.807, 2.05) is 19.9 Å². The lowest BCUT2D eigenvalue weighted by Gasteiger charge is -2.18. The summed E-state index contributed by atoms with van der Waals surface area (Å²) in [6.45, 7) is 5.52. The van der Waals surface area contributed by atoms with Crippen LogP contribution in [-0.4, -0.2) is 33.4 Å². The smallest absolute Gasteiger partial charge is 0.260 e. The standard InChI is InChI=1S/C17H23N3O3/c1-11(7-15-8-12(2)19-20-15)18-17(22)13(3)23-16-6-4-5-14(9-16)10-21/h4-6,8-9,11,13,21H,7,10H2,1-3H3,(H,18,22)(H,19,20). The number of rotatable bonds is 7. The molecule has 3 N–H and O–H groups in total. The van der Waals surface area contributed by atoms with Crippen molar-refractivity contribution in [1.29, 1.82) is 0 Å². The third kappa shape index (κ3) is 5.10. The summed E-state index contributed by atoms with van der Waals surface area (Å²) in [6.07, 6.45) is 0.0373. The Bertz CT molecular complexity index is 654. The predicted molar refractivity (Wildman–Crippen MR) is 87.1 cm³/mol. The summed E-state index contributed by atoms with van der Waals surface area (Å²) >= 11 is 0. The molecule has 0 radical (unpaired) electrons. The van der Waals surface area contributed by atoms with Gasteiger partial charge in [0.15, 0.2) is 6.10 Å². The lowest BCUT2D eigenvalue weighted by Crippen LogP contribution is -2.42. The van der Waals surface area contributed by atoms with Gasteiger partial charge >= 0.3 is 0 Å². The average molecular weight is 317 g/mol. The molecule has 0 fully saturated rings. The number of ether oxygens (including phenoxy) is 1. The van der Waals surface area contributed by atoms with E-state index in [9.17, 15) is 4.79 Å². The Morgan fingerprint density at radius 3 is 2.83 bits per heavy atom. The van der Waals surface area contributed by atoms with E-state index < -0.39 is 6.10 Å². The molecule has 2 aromatic rings. The Balaban J connectivity index is 1.86. The monoisotopic (exact) mass is 317 g/mol. The number of aromatic amines is 1. The van der Waals surface area contributed by atoms with Gasteiger partial charge in [-0.3, -0.25) is 9.89 Å². The van der Waals surface area contributed by atoms with E-state index in [2.05, 4.69) is 15.5 Å². The largest absolute Gasteiger partial charge is 0.481 e. The number of aryl methyl sites for hydroxylation is 1. The first-order valence-electron chi connectivity index (χ1n) is 7.65. The molecular formula is C17H23N3O3. The molecule has 1 aromatic carbocycles. The molecular weight excluding hydrogens is 294 g/mol. The quantitative estimate of drug-likeness (QED) is 0.726. The second kappa shape index (κ2) is 7.78. The third-order valence-corrected chi connectivity index (χ3v) is 3.43. The molecule has 1 amide bonds. The van der Waals surface area contributed by atoms with Crippen molar-refractivity contribution in [2.45, 2.75) is 45.9 Å². The minimum atomic E-state index is -0.618. The van der Waals surface area contributed by atoms with E-state index in [0.29, 0.717) is 12.2 Å². The van der Waals surface area contributed by atoms with Crippen LogP contribution >= 0.6 is 0 Å². The number of carbonyl (C=O) groups is 1. The van der Waals surface area contributed by atoms with Crippen LogP contribution in [0.2, 0.25) is 0 Å². The number of carbonyl (C=O) groups excluding carboxylic acids is 1. The number of nitrogens with one attached hydrogen (secondary N) is 2. The molecule has 0 spiro atoms. The number of aliphatic hydroxyl groups excluding tert-OH is 1. The molecule has 0 aliphatic heterocycles. The van der Waals surface area contributed by atoms with E-state index >= 15 is 0 Å². The van der Waals surface area contributed by atoms with Crippen molar-refractivity contribution in [3.05, 3.63) is 47.3 Å². The molecule has 2 unspecified atom stereocenters. The van der Waals surface area contributed by atoms with Crippen LogP contribution < -0.4 is 10.1 Å². The van der Waals surface area contributed by atoms with Crippen LogP contribution in [0.15, 0.2) is 30.3 Å². The third-order valence-electron chi connectivity index (χ3n) is 3.43. The van der Waals surface area contributed by atoms with E-state index in [-0.39, 0.29) is 18.6 Å². The van der Waals surface area contributed by atoms with Crippen molar-refractivity contribution < 1.29 is 14.6 Å². The van der Waals surface area contributed by atoms with Crippen molar-refractivity contribution in [3.8, 4) is 5.75 Å². The summed E-state index contributed by atoms with van der Waals surface area (Å²) in [5, 5.41) is 19.1. The molecule has 0 aliphatic rings. The van der Waals surface area contributed by atoms with Crippen molar-refractivity contribution in [1.82, 2.24) is 15.5 Å². The average Bonchev–Trinajstić information content (AvgIpc) is 2.92. The van der Waals surface area contributed by atoms with Crippen molar-refractivity contribution >= 4 is 5.91 Å². The molecule has 1 heterocycles. The molecule has 6 heteroatoms. The van der Waals surface area contributed by atoms with Crippen molar-refractivity contribution in [3.63, 3.8) is 0 Å². The molecule has 6 nitrogen and oxygen atoms in total. The van der Waals surface area contributed by atoms with Gasteiger partial charge in [0, 0.05) is 18.2 Å². The highest BCUT2D eigenvalue weighted by atomic mass is 16.5. The molecule has 0 aliphatic carbocycles. The number of H-pyrrole nitrogens is 1. The molecule has 23 heavy (non-hydrogen) atoms. The summed E-state index contributed by atoms with van der Waals surface area (Å²) in [4.78, 5) is 12.2. The fourth-order valence-electron chi connectivity index (χ4n) is 2.28. The van der Waals surface area contributed by atoms with E-state index in [4.69, 9.17) is 9.84 Å². The first-order valence-corrected chi connectivity index (χ1v) is 7.65. The predicted octanol–water partition coefficient (Wildman–Crippen LogP) is 1.73. The Kier molecular flexibility index (Phi) is 5.76. The highest BCUT2D eigenvalue weighted by Crippen LogP contribution is 2.15. The molecule has 1 aromatic heterocycles. The first kappa shape index (κ1) is 17.0. The zero-order chi connectivity index (χ0) is 16.8. The maximum atomic E-state index is 12.2. The van der Waals surface area contributed by atoms with Gasteiger partial charge in [-0.25, -0.2) is 0 Å². The van der Waals surface area contributed by atoms with Gasteiger partial charge in [0.25, 0.3) is 5.91 Å². The number of benzene rings is 1. The van der Waals surface area contributed by atoms with Gasteiger partial charge in [0.1, 0.15) is 5.75 Å². The number of hydrogen-bond acceptors (Lipinski definition) is 4. The second-order valence-corrected chi connectivity index (χ2v) is 5.72. The molecule has 0 saturated heterocycles. The summed E-state index contributed by atoms with van der Waals surface area (Å²) in [5.74, 6) is 0.383. The van der Waals surface area contributed by atoms with Gasteiger partial charge in [0.05, 0.1) is 12.3 Å². The minimum absolute atomic E-state index is 0.0416. The summed E-state index contributed by atoms with van der Waals surface area (Å²) in [6, 6.07) is 8.99. The zero-order valence-electron chi connectivity index (χ0n) is 13.7. The SMILES string of the molecule is Cc1cc(CC(C)NC(=O)C(C)Oc2cccc(CO)c2)n[nH]1. The van der Waals surface area contributed by atoms with Crippen LogP contribution in [0.5, 0.6) is 5.75 Å². The van der Waals surface area contributed by atoms with Crippen LogP contribution in [0, 0.1) is 6.92 Å². The van der Waals surface area contributed by atoms with Crippen LogP contribution in [0.4, 0.5) is 0 Å². The number of nitrogens with zero attached hydrogens (tertiary/aromatic N) is 1. The summed E-state index contributed by atoms with van der Waals surface area (Å²) in [7, 11) is 0. The van der Waals surface area contributed by atoms with Gasteiger partial charge in [-0.1, -0.05) is 12.1 Å². The molecule has 0 bridgehead atoms. The van der Waals surface area contributed by atoms with Gasteiger partial charge in [-0.05, 0) is 44.5 Å². The highest BCUT2D eigenvalue weighted by Gasteiger charge is 2.17. The van der Waals surface area contributed by atoms with Crippen molar-refractivity contribution in [2.75, 3.05) is 0 Å². The highest BCUT2D eigenvalue weighted by molar-refractivity contribution is 5.81. The van der Waals surface area contributed by atoms with E-state index in [1.165, 1.54) is 0 Å². The topological polar surface area (TPSA) is 87.2 Å². The Labute approximate surface area is 135 Å². The lowest BCUT2D eigenvalue weighted by molar-refractivity contribution is -0.127. The van der Waals surface area contributed by atoms with Gasteiger partial charge in [-0.15, -0.1) is 0 Å². The Morgan fingerprint density at radius 2 is 2.17 bits per heavy atom. The fourth-order valence-corrected chi connectivity index (χ4v) is 2.28. The normalized spacial score (nSPS) is 13.4. The minimum Gasteiger partial charge on any atom is -0.481 e. The summed E-state index contributed by atoms with van der Waals surface area (Å²) < 4.78 is 5.63. The second-order valence-electron chi connectivity index (χ2n) is 5.72. The Morgan fingerprint density at radius 1 is 1.39 bits per heavy atom. The molecule has 2 rings (SSSR count). The van der Waals surface area contributed by atoms with Gasteiger partial charge < -0.3 is 15.2 Å². The van der Waals surface area contributed by atoms with E-state index in [0.717, 1.165) is 17.0 Å². The van der Waals surface area contributed by atoms with Crippen molar-refractivity contribution in [2.24, 2.45) is 0 Å². The Hall–Kier alpha value is -2.34. The molecule has 0 saturated carbocycles. The van der Waals surface area contributed by atoms with Crippen LogP contribution in [0.1, 0.15) is 30.8 Å². The molecule has 2 atom stereocenters. The first-order chi connectivity index (χ1) is 11.0. The van der Waals surface area contributed by atoms with Gasteiger partial charge in [0.2, 0.25) is 0 Å².